The zero-order chi connectivity index (χ0) is 12.0. The number of likely N-dealkylation sites (tertiary alicyclic amines) is 1. The van der Waals surface area contributed by atoms with Crippen LogP contribution < -0.4 is 0 Å². The fourth-order valence-corrected chi connectivity index (χ4v) is 1.91. The van der Waals surface area contributed by atoms with Gasteiger partial charge in [-0.15, -0.1) is 0 Å². The van der Waals surface area contributed by atoms with Crippen molar-refractivity contribution in [2.45, 2.75) is 39.7 Å². The van der Waals surface area contributed by atoms with Crippen molar-refractivity contribution in [1.82, 2.24) is 9.80 Å². The molecule has 1 rings (SSSR count). The second-order valence-electron chi connectivity index (χ2n) is 4.15. The zero-order valence-corrected chi connectivity index (χ0v) is 10.6. The van der Waals surface area contributed by atoms with Gasteiger partial charge in [0.25, 0.3) is 0 Å². The summed E-state index contributed by atoms with van der Waals surface area (Å²) in [6.45, 7) is 10.0. The third kappa shape index (κ3) is 3.53. The molecule has 1 saturated heterocycles. The van der Waals surface area contributed by atoms with Gasteiger partial charge in [-0.2, -0.15) is 0 Å². The van der Waals surface area contributed by atoms with Gasteiger partial charge in [0, 0.05) is 13.0 Å². The summed E-state index contributed by atoms with van der Waals surface area (Å²) in [4.78, 5) is 15.6. The third-order valence-electron chi connectivity index (χ3n) is 3.09. The van der Waals surface area contributed by atoms with Crippen LogP contribution in [0.5, 0.6) is 0 Å². The molecule has 0 saturated carbocycles. The lowest BCUT2D eigenvalue weighted by Gasteiger charge is -2.19. The van der Waals surface area contributed by atoms with E-state index in [2.05, 4.69) is 30.6 Å². The van der Waals surface area contributed by atoms with E-state index in [1.165, 1.54) is 0 Å². The first-order chi connectivity index (χ1) is 7.69. The highest BCUT2D eigenvalue weighted by atomic mass is 16.2. The lowest BCUT2D eigenvalue weighted by atomic mass is 10.3. The van der Waals surface area contributed by atoms with Crippen molar-refractivity contribution < 1.29 is 4.79 Å². The number of nitrogens with zero attached hydrogens (tertiary/aromatic N) is 2. The lowest BCUT2D eigenvalue weighted by Crippen LogP contribution is -2.33. The van der Waals surface area contributed by atoms with Crippen LogP contribution in [0.3, 0.4) is 0 Å². The SMILES string of the molecule is CCN(CC)CC#CC(C)N1CCCC1=O. The smallest absolute Gasteiger partial charge is 0.223 e. The minimum atomic E-state index is 0.0746. The van der Waals surface area contributed by atoms with Gasteiger partial charge < -0.3 is 4.90 Å². The largest absolute Gasteiger partial charge is 0.329 e. The van der Waals surface area contributed by atoms with Crippen LogP contribution >= 0.6 is 0 Å². The molecule has 0 aromatic heterocycles. The van der Waals surface area contributed by atoms with Crippen LogP contribution in [0.25, 0.3) is 0 Å². The van der Waals surface area contributed by atoms with Crippen molar-refractivity contribution in [1.29, 1.82) is 0 Å². The standard InChI is InChI=1S/C13H22N2O/c1-4-14(5-2)10-6-8-12(3)15-11-7-9-13(15)16/h12H,4-5,7,9-11H2,1-3H3. The van der Waals surface area contributed by atoms with E-state index in [9.17, 15) is 4.79 Å². The molecule has 16 heavy (non-hydrogen) atoms. The number of amides is 1. The molecule has 90 valence electrons. The van der Waals surface area contributed by atoms with E-state index in [4.69, 9.17) is 0 Å². The van der Waals surface area contributed by atoms with Crippen molar-refractivity contribution in [3.63, 3.8) is 0 Å². The molecule has 0 aliphatic carbocycles. The first kappa shape index (κ1) is 13.1. The lowest BCUT2D eigenvalue weighted by molar-refractivity contribution is -0.128. The van der Waals surface area contributed by atoms with Crippen LogP contribution in [-0.4, -0.2) is 47.9 Å². The molecule has 3 heteroatoms. The van der Waals surface area contributed by atoms with E-state index in [0.717, 1.165) is 32.6 Å². The molecule has 0 bridgehead atoms. The van der Waals surface area contributed by atoms with Crippen molar-refractivity contribution >= 4 is 5.91 Å². The predicted octanol–water partition coefficient (Wildman–Crippen LogP) is 1.34. The highest BCUT2D eigenvalue weighted by Crippen LogP contribution is 2.12. The maximum absolute atomic E-state index is 11.5. The molecular formula is C13H22N2O. The van der Waals surface area contributed by atoms with Gasteiger partial charge in [0.1, 0.15) is 0 Å². The Labute approximate surface area is 98.8 Å². The molecule has 0 spiro atoms. The van der Waals surface area contributed by atoms with Crippen molar-refractivity contribution in [3.05, 3.63) is 0 Å². The molecular weight excluding hydrogens is 200 g/mol. The summed E-state index contributed by atoms with van der Waals surface area (Å²) < 4.78 is 0. The number of rotatable bonds is 4. The Morgan fingerprint density at radius 2 is 2.12 bits per heavy atom. The number of hydrogen-bond acceptors (Lipinski definition) is 2. The first-order valence-corrected chi connectivity index (χ1v) is 6.19. The fraction of sp³-hybridized carbons (Fsp3) is 0.769. The van der Waals surface area contributed by atoms with Gasteiger partial charge in [0.2, 0.25) is 5.91 Å². The van der Waals surface area contributed by atoms with Crippen LogP contribution in [-0.2, 0) is 4.79 Å². The predicted molar refractivity (Wildman–Crippen MR) is 66.0 cm³/mol. The third-order valence-corrected chi connectivity index (χ3v) is 3.09. The summed E-state index contributed by atoms with van der Waals surface area (Å²) in [5.41, 5.74) is 0. The van der Waals surface area contributed by atoms with Crippen molar-refractivity contribution in [3.8, 4) is 11.8 Å². The highest BCUT2D eigenvalue weighted by Gasteiger charge is 2.23. The fourth-order valence-electron chi connectivity index (χ4n) is 1.91. The van der Waals surface area contributed by atoms with Gasteiger partial charge in [-0.25, -0.2) is 0 Å². The zero-order valence-electron chi connectivity index (χ0n) is 10.6. The van der Waals surface area contributed by atoms with Crippen molar-refractivity contribution in [2.24, 2.45) is 0 Å². The van der Waals surface area contributed by atoms with Crippen LogP contribution in [0.4, 0.5) is 0 Å². The topological polar surface area (TPSA) is 23.6 Å². The molecule has 0 N–H and O–H groups in total. The molecule has 1 fully saturated rings. The maximum atomic E-state index is 11.5. The minimum absolute atomic E-state index is 0.0746. The van der Waals surface area contributed by atoms with E-state index in [1.54, 1.807) is 0 Å². The summed E-state index contributed by atoms with van der Waals surface area (Å²) in [6.07, 6.45) is 1.68. The summed E-state index contributed by atoms with van der Waals surface area (Å²) in [5, 5.41) is 0. The van der Waals surface area contributed by atoms with E-state index in [1.807, 2.05) is 11.8 Å². The number of carbonyl (C=O) groups excluding carboxylic acids is 1. The maximum Gasteiger partial charge on any atom is 0.223 e. The Kier molecular flexibility index (Phi) is 5.34. The molecule has 1 heterocycles. The van der Waals surface area contributed by atoms with E-state index < -0.39 is 0 Å². The second kappa shape index (κ2) is 6.55. The van der Waals surface area contributed by atoms with Gasteiger partial charge in [-0.1, -0.05) is 25.7 Å². The Morgan fingerprint density at radius 3 is 2.62 bits per heavy atom. The van der Waals surface area contributed by atoms with Crippen LogP contribution in [0, 0.1) is 11.8 Å². The summed E-state index contributed by atoms with van der Waals surface area (Å²) in [6, 6.07) is 0.0746. The van der Waals surface area contributed by atoms with Gasteiger partial charge in [-0.05, 0) is 26.4 Å². The van der Waals surface area contributed by atoms with Crippen LogP contribution in [0.1, 0.15) is 33.6 Å². The molecule has 1 atom stereocenters. The summed E-state index contributed by atoms with van der Waals surface area (Å²) in [5.74, 6) is 6.59. The quantitative estimate of drug-likeness (QED) is 0.670. The monoisotopic (exact) mass is 222 g/mol. The second-order valence-corrected chi connectivity index (χ2v) is 4.15. The Morgan fingerprint density at radius 1 is 1.44 bits per heavy atom. The van der Waals surface area contributed by atoms with Crippen LogP contribution in [0.2, 0.25) is 0 Å². The Bertz CT molecular complexity index is 286. The summed E-state index contributed by atoms with van der Waals surface area (Å²) >= 11 is 0. The molecule has 3 nitrogen and oxygen atoms in total. The minimum Gasteiger partial charge on any atom is -0.329 e. The molecule has 0 aromatic carbocycles. The molecule has 1 aliphatic heterocycles. The molecule has 1 amide bonds. The molecule has 1 aliphatic rings. The molecule has 0 aromatic rings. The van der Waals surface area contributed by atoms with Crippen molar-refractivity contribution in [2.75, 3.05) is 26.2 Å². The normalized spacial score (nSPS) is 17.5. The van der Waals surface area contributed by atoms with Gasteiger partial charge in [0.15, 0.2) is 0 Å². The summed E-state index contributed by atoms with van der Waals surface area (Å²) in [7, 11) is 0. The molecule has 0 radical (unpaired) electrons. The van der Waals surface area contributed by atoms with E-state index >= 15 is 0 Å². The highest BCUT2D eigenvalue weighted by molar-refractivity contribution is 5.78. The van der Waals surface area contributed by atoms with Gasteiger partial charge in [-0.3, -0.25) is 9.69 Å². The first-order valence-electron chi connectivity index (χ1n) is 6.19. The van der Waals surface area contributed by atoms with Gasteiger partial charge in [0.05, 0.1) is 12.6 Å². The van der Waals surface area contributed by atoms with E-state index in [-0.39, 0.29) is 11.9 Å². The van der Waals surface area contributed by atoms with Gasteiger partial charge >= 0.3 is 0 Å². The van der Waals surface area contributed by atoms with Crippen LogP contribution in [0.15, 0.2) is 0 Å². The Hall–Kier alpha value is -1.01. The average Bonchev–Trinajstić information content (AvgIpc) is 2.70. The number of carbonyl (C=O) groups is 1. The number of hydrogen-bond donors (Lipinski definition) is 0. The average molecular weight is 222 g/mol. The molecule has 1 unspecified atom stereocenters. The Balaban J connectivity index is 2.41. The van der Waals surface area contributed by atoms with E-state index in [0.29, 0.717) is 6.42 Å².